The van der Waals surface area contributed by atoms with E-state index in [-0.39, 0.29) is 0 Å². The van der Waals surface area contributed by atoms with Gasteiger partial charge in [-0.05, 0) is 36.6 Å². The van der Waals surface area contributed by atoms with Crippen molar-refractivity contribution in [2.75, 3.05) is 0 Å². The molecule has 1 unspecified atom stereocenters. The van der Waals surface area contributed by atoms with Crippen LogP contribution < -0.4 is 5.32 Å². The summed E-state index contributed by atoms with van der Waals surface area (Å²) in [6.07, 6.45) is 4.20. The van der Waals surface area contributed by atoms with Crippen LogP contribution in [0.15, 0.2) is 48.7 Å². The van der Waals surface area contributed by atoms with E-state index in [2.05, 4.69) is 48.4 Å². The van der Waals surface area contributed by atoms with Gasteiger partial charge in [0.15, 0.2) is 0 Å². The summed E-state index contributed by atoms with van der Waals surface area (Å²) in [5.41, 5.74) is 3.83. The van der Waals surface area contributed by atoms with Gasteiger partial charge in [-0.15, -0.1) is 0 Å². The molecule has 100 valence electrons. The molecule has 1 atom stereocenters. The zero-order chi connectivity index (χ0) is 13.5. The standard InChI is InChI=1S/C17H22N2/c1-3-6-15-8-10-16(11-9-15)14(2)19-13-17-7-4-5-12-18-17/h4-5,7-12,14,19H,3,6,13H2,1-2H3. The number of aryl methyl sites for hydroxylation is 1. The lowest BCUT2D eigenvalue weighted by atomic mass is 10.0. The quantitative estimate of drug-likeness (QED) is 0.846. The van der Waals surface area contributed by atoms with E-state index in [1.165, 1.54) is 17.5 Å². The Morgan fingerprint density at radius 2 is 1.89 bits per heavy atom. The molecule has 2 heteroatoms. The molecular formula is C17H22N2. The highest BCUT2D eigenvalue weighted by Gasteiger charge is 2.05. The van der Waals surface area contributed by atoms with Crippen molar-refractivity contribution in [2.45, 2.75) is 39.3 Å². The second-order valence-electron chi connectivity index (χ2n) is 4.92. The van der Waals surface area contributed by atoms with Crippen LogP contribution in [0.3, 0.4) is 0 Å². The molecule has 0 radical (unpaired) electrons. The number of nitrogens with one attached hydrogen (secondary N) is 1. The van der Waals surface area contributed by atoms with Crippen molar-refractivity contribution in [1.29, 1.82) is 0 Å². The minimum absolute atomic E-state index is 0.345. The van der Waals surface area contributed by atoms with Crippen LogP contribution in [-0.2, 0) is 13.0 Å². The Kier molecular flexibility index (Phi) is 5.10. The fraction of sp³-hybridized carbons (Fsp3) is 0.353. The maximum atomic E-state index is 4.32. The van der Waals surface area contributed by atoms with Gasteiger partial charge in [-0.1, -0.05) is 43.7 Å². The first-order valence-electron chi connectivity index (χ1n) is 7.01. The number of hydrogen-bond acceptors (Lipinski definition) is 2. The zero-order valence-corrected chi connectivity index (χ0v) is 11.8. The Balaban J connectivity index is 1.90. The number of hydrogen-bond donors (Lipinski definition) is 1. The van der Waals surface area contributed by atoms with Crippen LogP contribution in [0.5, 0.6) is 0 Å². The third kappa shape index (κ3) is 4.18. The summed E-state index contributed by atoms with van der Waals surface area (Å²) >= 11 is 0. The molecule has 0 aliphatic heterocycles. The van der Waals surface area contributed by atoms with Gasteiger partial charge in [0.2, 0.25) is 0 Å². The smallest absolute Gasteiger partial charge is 0.0541 e. The Bertz CT molecular complexity index is 476. The minimum Gasteiger partial charge on any atom is -0.305 e. The first kappa shape index (κ1) is 13.8. The molecule has 1 aromatic heterocycles. The summed E-state index contributed by atoms with van der Waals surface area (Å²) in [5, 5.41) is 3.50. The van der Waals surface area contributed by atoms with E-state index in [4.69, 9.17) is 0 Å². The highest BCUT2D eigenvalue weighted by molar-refractivity contribution is 5.24. The monoisotopic (exact) mass is 254 g/mol. The average Bonchev–Trinajstić information content (AvgIpc) is 2.47. The van der Waals surface area contributed by atoms with Gasteiger partial charge in [0.05, 0.1) is 5.69 Å². The normalized spacial score (nSPS) is 12.3. The summed E-state index contributed by atoms with van der Waals surface area (Å²) in [6, 6.07) is 15.3. The van der Waals surface area contributed by atoms with Crippen molar-refractivity contribution >= 4 is 0 Å². The minimum atomic E-state index is 0.345. The van der Waals surface area contributed by atoms with Crippen LogP contribution in [-0.4, -0.2) is 4.98 Å². The van der Waals surface area contributed by atoms with Crippen LogP contribution in [0.1, 0.15) is 43.1 Å². The average molecular weight is 254 g/mol. The second kappa shape index (κ2) is 7.05. The van der Waals surface area contributed by atoms with E-state index in [1.54, 1.807) is 0 Å². The van der Waals surface area contributed by atoms with Crippen LogP contribution >= 0.6 is 0 Å². The summed E-state index contributed by atoms with van der Waals surface area (Å²) in [5.74, 6) is 0. The summed E-state index contributed by atoms with van der Waals surface area (Å²) < 4.78 is 0. The number of pyridine rings is 1. The molecule has 0 saturated heterocycles. The molecule has 0 amide bonds. The van der Waals surface area contributed by atoms with Gasteiger partial charge in [0.25, 0.3) is 0 Å². The third-order valence-corrected chi connectivity index (χ3v) is 3.33. The number of rotatable bonds is 6. The fourth-order valence-corrected chi connectivity index (χ4v) is 2.14. The van der Waals surface area contributed by atoms with Crippen molar-refractivity contribution in [2.24, 2.45) is 0 Å². The zero-order valence-electron chi connectivity index (χ0n) is 11.8. The second-order valence-corrected chi connectivity index (χ2v) is 4.92. The van der Waals surface area contributed by atoms with E-state index < -0.39 is 0 Å². The van der Waals surface area contributed by atoms with Crippen LogP contribution in [0.25, 0.3) is 0 Å². The molecule has 0 aliphatic rings. The molecule has 1 aromatic carbocycles. The van der Waals surface area contributed by atoms with E-state index >= 15 is 0 Å². The maximum absolute atomic E-state index is 4.32. The Labute approximate surface area is 115 Å². The van der Waals surface area contributed by atoms with Crippen molar-refractivity contribution in [3.63, 3.8) is 0 Å². The lowest BCUT2D eigenvalue weighted by Gasteiger charge is -2.14. The van der Waals surface area contributed by atoms with E-state index in [9.17, 15) is 0 Å². The summed E-state index contributed by atoms with van der Waals surface area (Å²) in [6.45, 7) is 5.21. The first-order valence-corrected chi connectivity index (χ1v) is 7.01. The molecule has 2 rings (SSSR count). The van der Waals surface area contributed by atoms with E-state index in [0.29, 0.717) is 6.04 Å². The molecule has 19 heavy (non-hydrogen) atoms. The van der Waals surface area contributed by atoms with Gasteiger partial charge in [-0.3, -0.25) is 4.98 Å². The van der Waals surface area contributed by atoms with Crippen molar-refractivity contribution in [3.05, 3.63) is 65.5 Å². The molecule has 0 aliphatic carbocycles. The molecule has 2 nitrogen and oxygen atoms in total. The van der Waals surface area contributed by atoms with Gasteiger partial charge in [-0.2, -0.15) is 0 Å². The van der Waals surface area contributed by atoms with Gasteiger partial charge >= 0.3 is 0 Å². The highest BCUT2D eigenvalue weighted by Crippen LogP contribution is 2.14. The van der Waals surface area contributed by atoms with Crippen LogP contribution in [0.4, 0.5) is 0 Å². The lowest BCUT2D eigenvalue weighted by Crippen LogP contribution is -2.18. The van der Waals surface area contributed by atoms with Gasteiger partial charge in [0, 0.05) is 18.8 Å². The molecule has 2 aromatic rings. The molecular weight excluding hydrogens is 232 g/mol. The van der Waals surface area contributed by atoms with E-state index in [1.807, 2.05) is 24.4 Å². The molecule has 0 saturated carbocycles. The van der Waals surface area contributed by atoms with Gasteiger partial charge in [0.1, 0.15) is 0 Å². The Morgan fingerprint density at radius 1 is 1.11 bits per heavy atom. The highest BCUT2D eigenvalue weighted by atomic mass is 14.9. The van der Waals surface area contributed by atoms with Crippen LogP contribution in [0.2, 0.25) is 0 Å². The van der Waals surface area contributed by atoms with Crippen LogP contribution in [0, 0.1) is 0 Å². The summed E-state index contributed by atoms with van der Waals surface area (Å²) in [4.78, 5) is 4.32. The third-order valence-electron chi connectivity index (χ3n) is 3.33. The molecule has 1 N–H and O–H groups in total. The number of aromatic nitrogens is 1. The molecule has 0 fully saturated rings. The fourth-order valence-electron chi connectivity index (χ4n) is 2.14. The Hall–Kier alpha value is -1.67. The summed E-state index contributed by atoms with van der Waals surface area (Å²) in [7, 11) is 0. The largest absolute Gasteiger partial charge is 0.305 e. The number of benzene rings is 1. The van der Waals surface area contributed by atoms with Gasteiger partial charge < -0.3 is 5.32 Å². The van der Waals surface area contributed by atoms with Crippen molar-refractivity contribution < 1.29 is 0 Å². The van der Waals surface area contributed by atoms with Gasteiger partial charge in [-0.25, -0.2) is 0 Å². The Morgan fingerprint density at radius 3 is 2.53 bits per heavy atom. The lowest BCUT2D eigenvalue weighted by molar-refractivity contribution is 0.567. The number of nitrogens with zero attached hydrogens (tertiary/aromatic N) is 1. The SMILES string of the molecule is CCCc1ccc(C(C)NCc2ccccn2)cc1. The predicted molar refractivity (Wildman–Crippen MR) is 79.9 cm³/mol. The topological polar surface area (TPSA) is 24.9 Å². The first-order chi connectivity index (χ1) is 9.29. The van der Waals surface area contributed by atoms with Crippen molar-refractivity contribution in [3.8, 4) is 0 Å². The maximum Gasteiger partial charge on any atom is 0.0541 e. The van der Waals surface area contributed by atoms with E-state index in [0.717, 1.165) is 18.7 Å². The predicted octanol–water partition coefficient (Wildman–Crippen LogP) is 3.88. The molecule has 0 spiro atoms. The molecule has 0 bridgehead atoms. The molecule has 1 heterocycles. The van der Waals surface area contributed by atoms with Crippen molar-refractivity contribution in [1.82, 2.24) is 10.3 Å².